The van der Waals surface area contributed by atoms with E-state index in [0.717, 1.165) is 77.3 Å². The quantitative estimate of drug-likeness (QED) is 0.191. The van der Waals surface area contributed by atoms with E-state index in [1.807, 2.05) is 42.6 Å². The van der Waals surface area contributed by atoms with Crippen LogP contribution in [-0.2, 0) is 16.4 Å². The van der Waals surface area contributed by atoms with Crippen molar-refractivity contribution in [2.75, 3.05) is 0 Å². The predicted octanol–water partition coefficient (Wildman–Crippen LogP) is 13.6. The van der Waals surface area contributed by atoms with Gasteiger partial charge in [-0.15, -0.1) is 0 Å². The van der Waals surface area contributed by atoms with Gasteiger partial charge in [0.05, 0.1) is 27.7 Å². The number of fused-ring (bicyclic) bond motifs is 5. The number of hydrogen-bond donors (Lipinski definition) is 1. The second-order valence-electron chi connectivity index (χ2n) is 17.7. The lowest BCUT2D eigenvalue weighted by Crippen LogP contribution is -2.28. The molecule has 0 spiro atoms. The first-order chi connectivity index (χ1) is 26.7. The Morgan fingerprint density at radius 1 is 0.554 bits per heavy atom. The molecule has 0 aliphatic heterocycles. The van der Waals surface area contributed by atoms with Crippen LogP contribution >= 0.6 is 0 Å². The highest BCUT2D eigenvalue weighted by atomic mass is 16.3. The number of nitrogens with zero attached hydrogens (tertiary/aromatic N) is 3. The molecule has 3 heterocycles. The van der Waals surface area contributed by atoms with Crippen LogP contribution in [0.25, 0.3) is 77.5 Å². The summed E-state index contributed by atoms with van der Waals surface area (Å²) in [6.45, 7) is 17.8. The number of phenolic OH excluding ortho intramolecular Hbond substituents is 1. The van der Waals surface area contributed by atoms with E-state index in [1.54, 1.807) is 0 Å². The first-order valence-corrected chi connectivity index (χ1v) is 19.5. The summed E-state index contributed by atoms with van der Waals surface area (Å²) in [5.74, 6) is 0.916. The third-order valence-electron chi connectivity index (χ3n) is 11.5. The van der Waals surface area contributed by atoms with Crippen LogP contribution in [0.4, 0.5) is 0 Å². The molecule has 56 heavy (non-hydrogen) atoms. The molecular formula is C51H47N3O2. The molecule has 0 saturated carbocycles. The monoisotopic (exact) mass is 733 g/mol. The van der Waals surface area contributed by atoms with Gasteiger partial charge in [0.1, 0.15) is 22.7 Å². The van der Waals surface area contributed by atoms with E-state index in [0.29, 0.717) is 11.4 Å². The number of aromatic nitrogens is 3. The van der Waals surface area contributed by atoms with Crippen molar-refractivity contribution in [1.29, 1.82) is 0 Å². The topological polar surface area (TPSA) is 64.1 Å². The minimum atomic E-state index is -0.526. The van der Waals surface area contributed by atoms with Gasteiger partial charge < -0.3 is 14.1 Å². The Hall–Kier alpha value is -6.20. The summed E-state index contributed by atoms with van der Waals surface area (Å²) < 4.78 is 9.05. The first-order valence-electron chi connectivity index (χ1n) is 19.5. The summed E-state index contributed by atoms with van der Waals surface area (Å²) in [6, 6.07) is 44.4. The van der Waals surface area contributed by atoms with Gasteiger partial charge in [0.15, 0.2) is 0 Å². The second-order valence-corrected chi connectivity index (χ2v) is 17.7. The molecule has 278 valence electrons. The number of phenols is 1. The van der Waals surface area contributed by atoms with Crippen molar-refractivity contribution < 1.29 is 9.52 Å². The fraction of sp³-hybridized carbons (Fsp3) is 0.216. The number of aromatic hydroxyl groups is 1. The van der Waals surface area contributed by atoms with E-state index in [9.17, 15) is 5.11 Å². The van der Waals surface area contributed by atoms with Gasteiger partial charge in [-0.25, -0.2) is 4.98 Å². The third-order valence-corrected chi connectivity index (χ3v) is 11.5. The summed E-state index contributed by atoms with van der Waals surface area (Å²) in [4.78, 5) is 10.5. The Morgan fingerprint density at radius 2 is 1.29 bits per heavy atom. The zero-order valence-corrected chi connectivity index (χ0v) is 33.4. The van der Waals surface area contributed by atoms with E-state index in [-0.39, 0.29) is 16.6 Å². The van der Waals surface area contributed by atoms with Gasteiger partial charge >= 0.3 is 0 Å². The molecule has 1 N–H and O–H groups in total. The SMILES string of the molecule is CC(C)(C)c1ccc(O)c(-c2nc3c(-c4cc(-c5cc(C(C)(C)C)cc6cccnc56)c5oc6ccccc6c5c4)cccc3n2C(C)(C)c2ccccc2)c1. The van der Waals surface area contributed by atoms with Crippen molar-refractivity contribution in [3.05, 3.63) is 150 Å². The molecule has 0 atom stereocenters. The Bertz CT molecular complexity index is 2970. The highest BCUT2D eigenvalue weighted by Crippen LogP contribution is 2.46. The Balaban J connectivity index is 1.38. The van der Waals surface area contributed by atoms with Crippen LogP contribution in [-0.4, -0.2) is 19.6 Å². The molecule has 0 unspecified atom stereocenters. The van der Waals surface area contributed by atoms with Crippen LogP contribution in [0.1, 0.15) is 72.1 Å². The zero-order valence-electron chi connectivity index (χ0n) is 33.4. The number of furan rings is 1. The van der Waals surface area contributed by atoms with Gasteiger partial charge in [0.2, 0.25) is 0 Å². The second kappa shape index (κ2) is 12.7. The molecule has 3 aromatic heterocycles. The fourth-order valence-corrected chi connectivity index (χ4v) is 8.25. The van der Waals surface area contributed by atoms with Crippen LogP contribution in [0.3, 0.4) is 0 Å². The maximum Gasteiger partial charge on any atom is 0.145 e. The molecule has 0 aliphatic rings. The number of rotatable bonds is 5. The predicted molar refractivity (Wildman–Crippen MR) is 233 cm³/mol. The number of para-hydroxylation sites is 2. The van der Waals surface area contributed by atoms with E-state index < -0.39 is 5.54 Å². The molecule has 5 heteroatoms. The van der Waals surface area contributed by atoms with E-state index in [2.05, 4.69) is 151 Å². The fourth-order valence-electron chi connectivity index (χ4n) is 8.25. The highest BCUT2D eigenvalue weighted by molar-refractivity contribution is 6.14. The lowest BCUT2D eigenvalue weighted by molar-refractivity contribution is 0.448. The highest BCUT2D eigenvalue weighted by Gasteiger charge is 2.31. The maximum absolute atomic E-state index is 11.6. The standard InChI is InChI=1S/C51H47N3O2/c1-49(2,3)34-23-24-43(55)41(29-34)48-53-46-36(20-14-21-42(46)54(48)51(7,8)33-17-10-9-11-18-33)32-27-39-37-19-12-13-22-44(37)56-47(39)40(28-32)38-30-35(50(4,5)6)26-31-16-15-25-52-45(31)38/h9-30,55H,1-8H3. The van der Waals surface area contributed by atoms with E-state index in [1.165, 1.54) is 5.56 Å². The largest absolute Gasteiger partial charge is 0.507 e. The molecule has 5 nitrogen and oxygen atoms in total. The van der Waals surface area contributed by atoms with Crippen LogP contribution in [0.5, 0.6) is 5.75 Å². The zero-order chi connectivity index (χ0) is 39.1. The summed E-state index contributed by atoms with van der Waals surface area (Å²) in [5.41, 5.74) is 12.0. The molecule has 6 aromatic carbocycles. The van der Waals surface area contributed by atoms with Crippen LogP contribution < -0.4 is 0 Å². The summed E-state index contributed by atoms with van der Waals surface area (Å²) in [5, 5.41) is 14.8. The molecule has 0 fully saturated rings. The lowest BCUT2D eigenvalue weighted by atomic mass is 9.83. The number of pyridine rings is 1. The summed E-state index contributed by atoms with van der Waals surface area (Å²) in [7, 11) is 0. The van der Waals surface area contributed by atoms with Crippen molar-refractivity contribution in [3.8, 4) is 39.4 Å². The maximum atomic E-state index is 11.6. The van der Waals surface area contributed by atoms with Gasteiger partial charge in [-0.3, -0.25) is 4.98 Å². The van der Waals surface area contributed by atoms with Crippen molar-refractivity contribution in [2.45, 2.75) is 71.8 Å². The van der Waals surface area contributed by atoms with Crippen LogP contribution in [0.2, 0.25) is 0 Å². The molecule has 0 aliphatic carbocycles. The Kier molecular flexibility index (Phi) is 8.03. The number of imidazole rings is 1. The smallest absolute Gasteiger partial charge is 0.145 e. The third kappa shape index (κ3) is 5.76. The van der Waals surface area contributed by atoms with E-state index >= 15 is 0 Å². The number of hydrogen-bond acceptors (Lipinski definition) is 4. The molecule has 0 amide bonds. The Labute approximate surface area is 328 Å². The minimum Gasteiger partial charge on any atom is -0.507 e. The molecule has 9 rings (SSSR count). The summed E-state index contributed by atoms with van der Waals surface area (Å²) in [6.07, 6.45) is 1.87. The first kappa shape index (κ1) is 35.5. The normalized spacial score (nSPS) is 12.7. The molecular weight excluding hydrogens is 687 g/mol. The lowest BCUT2D eigenvalue weighted by Gasteiger charge is -2.31. The van der Waals surface area contributed by atoms with Gasteiger partial charge in [0, 0.05) is 39.0 Å². The average Bonchev–Trinajstić information content (AvgIpc) is 3.76. The molecule has 0 saturated heterocycles. The van der Waals surface area contributed by atoms with Crippen molar-refractivity contribution in [1.82, 2.24) is 14.5 Å². The molecule has 0 radical (unpaired) electrons. The van der Waals surface area contributed by atoms with Gasteiger partial charge in [-0.1, -0.05) is 114 Å². The van der Waals surface area contributed by atoms with Crippen LogP contribution in [0.15, 0.2) is 138 Å². The van der Waals surface area contributed by atoms with E-state index in [4.69, 9.17) is 14.4 Å². The Morgan fingerprint density at radius 3 is 2.05 bits per heavy atom. The van der Waals surface area contributed by atoms with Crippen molar-refractivity contribution in [3.63, 3.8) is 0 Å². The van der Waals surface area contributed by atoms with Crippen molar-refractivity contribution in [2.24, 2.45) is 0 Å². The van der Waals surface area contributed by atoms with Gasteiger partial charge in [-0.05, 0) is 102 Å². The molecule has 9 aromatic rings. The summed E-state index contributed by atoms with van der Waals surface area (Å²) >= 11 is 0. The number of benzene rings is 6. The van der Waals surface area contributed by atoms with Crippen molar-refractivity contribution >= 4 is 43.9 Å². The van der Waals surface area contributed by atoms with Gasteiger partial charge in [-0.2, -0.15) is 0 Å². The van der Waals surface area contributed by atoms with Crippen LogP contribution in [0, 0.1) is 0 Å². The van der Waals surface area contributed by atoms with Gasteiger partial charge in [0.25, 0.3) is 0 Å². The molecule has 0 bridgehead atoms. The average molecular weight is 734 g/mol. The minimum absolute atomic E-state index is 0.0837.